The number of amides is 1. The third kappa shape index (κ3) is 5.54. The number of rotatable bonds is 7. The zero-order valence-electron chi connectivity index (χ0n) is 19.4. The Morgan fingerprint density at radius 2 is 1.82 bits per heavy atom. The minimum absolute atomic E-state index is 0.0531. The number of carbonyl (C=O) groups excluding carboxylic acids is 2. The molecule has 0 radical (unpaired) electrons. The van der Waals surface area contributed by atoms with Gasteiger partial charge in [-0.2, -0.15) is 4.31 Å². The molecule has 0 saturated carbocycles. The van der Waals surface area contributed by atoms with E-state index >= 15 is 0 Å². The fourth-order valence-electron chi connectivity index (χ4n) is 3.73. The van der Waals surface area contributed by atoms with E-state index in [0.717, 1.165) is 12.8 Å². The van der Waals surface area contributed by atoms with Gasteiger partial charge < -0.3 is 14.8 Å². The molecule has 0 bridgehead atoms. The second-order valence-electron chi connectivity index (χ2n) is 8.15. The first-order valence-corrected chi connectivity index (χ1v) is 12.4. The van der Waals surface area contributed by atoms with Crippen LogP contribution in [0.5, 0.6) is 5.75 Å². The van der Waals surface area contributed by atoms with Gasteiger partial charge in [-0.05, 0) is 74.6 Å². The molecule has 1 fully saturated rings. The fraction of sp³-hybridized carbons (Fsp3) is 0.417. The number of hydrogen-bond donors (Lipinski definition) is 1. The fourth-order valence-corrected chi connectivity index (χ4v) is 5.23. The van der Waals surface area contributed by atoms with Crippen LogP contribution in [0.4, 0.5) is 5.69 Å². The molecule has 1 N–H and O–H groups in total. The number of methoxy groups -OCH3 is 1. The molecular formula is C24H30N2O6S. The Balaban J connectivity index is 1.86. The summed E-state index contributed by atoms with van der Waals surface area (Å²) in [6.07, 6.45) is 1.62. The van der Waals surface area contributed by atoms with Gasteiger partial charge in [0.25, 0.3) is 5.91 Å². The lowest BCUT2D eigenvalue weighted by Gasteiger charge is -2.29. The lowest BCUT2D eigenvalue weighted by molar-refractivity contribution is 0.0526. The summed E-state index contributed by atoms with van der Waals surface area (Å²) in [6, 6.07) is 9.11. The second kappa shape index (κ2) is 10.4. The van der Waals surface area contributed by atoms with Gasteiger partial charge in [-0.1, -0.05) is 6.92 Å². The number of anilines is 1. The maximum atomic E-state index is 13.1. The molecular weight excluding hydrogens is 444 g/mol. The number of ether oxygens (including phenoxy) is 2. The topological polar surface area (TPSA) is 102 Å². The van der Waals surface area contributed by atoms with Gasteiger partial charge in [0.15, 0.2) is 0 Å². The van der Waals surface area contributed by atoms with Gasteiger partial charge in [0.05, 0.1) is 29.7 Å². The van der Waals surface area contributed by atoms with E-state index in [-0.39, 0.29) is 22.8 Å². The third-order valence-electron chi connectivity index (χ3n) is 5.78. The summed E-state index contributed by atoms with van der Waals surface area (Å²) in [5.41, 5.74) is 1.65. The van der Waals surface area contributed by atoms with E-state index in [2.05, 4.69) is 12.2 Å². The quantitative estimate of drug-likeness (QED) is 0.612. The standard InChI is InChI=1S/C24H30N2O6S/c1-5-32-24(28)18-6-8-21(17(3)14-18)25-23(27)20-15-19(7-9-22(20)31-4)33(29,30)26-12-10-16(2)11-13-26/h6-9,14-16H,5,10-13H2,1-4H3,(H,25,27). The summed E-state index contributed by atoms with van der Waals surface area (Å²) < 4.78 is 38.1. The number of nitrogens with zero attached hydrogens (tertiary/aromatic N) is 1. The van der Waals surface area contributed by atoms with Crippen molar-refractivity contribution in [2.24, 2.45) is 5.92 Å². The molecule has 0 aromatic heterocycles. The molecule has 0 unspecified atom stereocenters. The zero-order chi connectivity index (χ0) is 24.2. The predicted octanol–water partition coefficient (Wildman–Crippen LogP) is 3.85. The summed E-state index contributed by atoms with van der Waals surface area (Å²) in [4.78, 5) is 25.1. The van der Waals surface area contributed by atoms with Crippen LogP contribution < -0.4 is 10.1 Å². The number of benzene rings is 2. The molecule has 1 saturated heterocycles. The highest BCUT2D eigenvalue weighted by Gasteiger charge is 2.29. The predicted molar refractivity (Wildman–Crippen MR) is 125 cm³/mol. The van der Waals surface area contributed by atoms with Crippen LogP contribution in [0.3, 0.4) is 0 Å². The van der Waals surface area contributed by atoms with E-state index in [1.54, 1.807) is 32.0 Å². The SMILES string of the molecule is CCOC(=O)c1ccc(NC(=O)c2cc(S(=O)(=O)N3CCC(C)CC3)ccc2OC)c(C)c1. The maximum absolute atomic E-state index is 13.1. The molecule has 9 heteroatoms. The first-order valence-electron chi connectivity index (χ1n) is 10.9. The van der Waals surface area contributed by atoms with E-state index in [9.17, 15) is 18.0 Å². The van der Waals surface area contributed by atoms with E-state index in [4.69, 9.17) is 9.47 Å². The summed E-state index contributed by atoms with van der Waals surface area (Å²) in [5, 5.41) is 2.78. The average molecular weight is 475 g/mol. The normalized spacial score (nSPS) is 15.2. The molecule has 2 aromatic carbocycles. The molecule has 33 heavy (non-hydrogen) atoms. The molecule has 1 amide bonds. The molecule has 3 rings (SSSR count). The molecule has 0 atom stereocenters. The van der Waals surface area contributed by atoms with E-state index < -0.39 is 21.9 Å². The van der Waals surface area contributed by atoms with Crippen LogP contribution in [-0.4, -0.2) is 51.4 Å². The van der Waals surface area contributed by atoms with Gasteiger partial charge in [0, 0.05) is 18.8 Å². The Morgan fingerprint density at radius 1 is 1.12 bits per heavy atom. The van der Waals surface area contributed by atoms with Crippen molar-refractivity contribution in [3.8, 4) is 5.75 Å². The van der Waals surface area contributed by atoms with E-state index in [0.29, 0.717) is 35.8 Å². The van der Waals surface area contributed by atoms with Crippen LogP contribution in [0.15, 0.2) is 41.3 Å². The Morgan fingerprint density at radius 3 is 2.42 bits per heavy atom. The van der Waals surface area contributed by atoms with Crippen LogP contribution in [0.2, 0.25) is 0 Å². The van der Waals surface area contributed by atoms with Gasteiger partial charge in [0.2, 0.25) is 10.0 Å². The molecule has 0 aliphatic carbocycles. The number of piperidine rings is 1. The van der Waals surface area contributed by atoms with Gasteiger partial charge in [-0.3, -0.25) is 4.79 Å². The highest BCUT2D eigenvalue weighted by atomic mass is 32.2. The third-order valence-corrected chi connectivity index (χ3v) is 7.68. The number of nitrogens with one attached hydrogen (secondary N) is 1. The van der Waals surface area contributed by atoms with E-state index in [1.807, 2.05) is 0 Å². The summed E-state index contributed by atoms with van der Waals surface area (Å²) in [6.45, 7) is 6.79. The molecule has 2 aromatic rings. The largest absolute Gasteiger partial charge is 0.496 e. The van der Waals surface area contributed by atoms with Crippen molar-refractivity contribution in [3.05, 3.63) is 53.1 Å². The Kier molecular flexibility index (Phi) is 7.76. The number of carbonyl (C=O) groups is 2. The Bertz CT molecular complexity index is 1140. The Hall–Kier alpha value is -2.91. The zero-order valence-corrected chi connectivity index (χ0v) is 20.2. The lowest BCUT2D eigenvalue weighted by Crippen LogP contribution is -2.37. The second-order valence-corrected chi connectivity index (χ2v) is 10.1. The number of aryl methyl sites for hydroxylation is 1. The van der Waals surface area contributed by atoms with Crippen molar-refractivity contribution in [3.63, 3.8) is 0 Å². The average Bonchev–Trinajstić information content (AvgIpc) is 2.80. The number of sulfonamides is 1. The first kappa shape index (κ1) is 24.7. The first-order chi connectivity index (χ1) is 15.7. The monoisotopic (exact) mass is 474 g/mol. The van der Waals surface area contributed by atoms with Crippen molar-refractivity contribution in [1.29, 1.82) is 0 Å². The van der Waals surface area contributed by atoms with Crippen LogP contribution >= 0.6 is 0 Å². The summed E-state index contributed by atoms with van der Waals surface area (Å²) >= 11 is 0. The Labute approximate surface area is 194 Å². The van der Waals surface area contributed by atoms with Gasteiger partial charge in [-0.25, -0.2) is 13.2 Å². The minimum atomic E-state index is -3.72. The highest BCUT2D eigenvalue weighted by molar-refractivity contribution is 7.89. The van der Waals surface area contributed by atoms with Gasteiger partial charge >= 0.3 is 5.97 Å². The number of hydrogen-bond acceptors (Lipinski definition) is 6. The van der Waals surface area contributed by atoms with E-state index in [1.165, 1.54) is 29.6 Å². The minimum Gasteiger partial charge on any atom is -0.496 e. The van der Waals surface area contributed by atoms with Crippen molar-refractivity contribution in [1.82, 2.24) is 4.31 Å². The molecule has 1 heterocycles. The molecule has 8 nitrogen and oxygen atoms in total. The molecule has 1 aliphatic rings. The smallest absolute Gasteiger partial charge is 0.338 e. The van der Waals surface area contributed by atoms with Crippen molar-refractivity contribution in [2.45, 2.75) is 38.5 Å². The number of esters is 1. The maximum Gasteiger partial charge on any atom is 0.338 e. The summed E-state index contributed by atoms with van der Waals surface area (Å²) in [5.74, 6) is -0.195. The molecule has 0 spiro atoms. The van der Waals surface area contributed by atoms with Crippen molar-refractivity contribution >= 4 is 27.6 Å². The molecule has 178 valence electrons. The van der Waals surface area contributed by atoms with Crippen LogP contribution in [0, 0.1) is 12.8 Å². The van der Waals surface area contributed by atoms with Gasteiger partial charge in [-0.15, -0.1) is 0 Å². The molecule has 1 aliphatic heterocycles. The van der Waals surface area contributed by atoms with Gasteiger partial charge in [0.1, 0.15) is 5.75 Å². The van der Waals surface area contributed by atoms with Crippen LogP contribution in [0.1, 0.15) is 53.0 Å². The highest BCUT2D eigenvalue weighted by Crippen LogP contribution is 2.28. The van der Waals surface area contributed by atoms with Crippen molar-refractivity contribution < 1.29 is 27.5 Å². The van der Waals surface area contributed by atoms with Crippen LogP contribution in [-0.2, 0) is 14.8 Å². The van der Waals surface area contributed by atoms with Crippen molar-refractivity contribution in [2.75, 3.05) is 32.1 Å². The van der Waals surface area contributed by atoms with Crippen LogP contribution in [0.25, 0.3) is 0 Å². The lowest BCUT2D eigenvalue weighted by atomic mass is 10.0. The summed E-state index contributed by atoms with van der Waals surface area (Å²) in [7, 11) is -2.30.